The highest BCUT2D eigenvalue weighted by atomic mass is 19.1. The Morgan fingerprint density at radius 1 is 1.33 bits per heavy atom. The van der Waals surface area contributed by atoms with Crippen molar-refractivity contribution in [2.45, 2.75) is 26.4 Å². The van der Waals surface area contributed by atoms with Crippen molar-refractivity contribution >= 4 is 17.6 Å². The molecular weight excluding hydrogens is 313 g/mol. The third-order valence-corrected chi connectivity index (χ3v) is 4.40. The molecule has 0 unspecified atom stereocenters. The molecule has 2 aliphatic heterocycles. The van der Waals surface area contributed by atoms with E-state index in [-0.39, 0.29) is 6.54 Å². The molecule has 0 N–H and O–H groups in total. The topological polar surface area (TPSA) is 54.9 Å². The maximum absolute atomic E-state index is 13.7. The average molecular weight is 337 g/mol. The number of halogens is 1. The third-order valence-electron chi connectivity index (χ3n) is 4.40. The molecule has 0 bridgehead atoms. The molecule has 132 valence electrons. The molecule has 2 aliphatic rings. The van der Waals surface area contributed by atoms with Gasteiger partial charge in [0.1, 0.15) is 23.4 Å². The van der Waals surface area contributed by atoms with Crippen LogP contribution >= 0.6 is 0 Å². The van der Waals surface area contributed by atoms with Crippen molar-refractivity contribution in [2.24, 2.45) is 0 Å². The van der Waals surface area contributed by atoms with Gasteiger partial charge >= 0.3 is 5.97 Å². The molecule has 6 nitrogen and oxygen atoms in total. The van der Waals surface area contributed by atoms with Gasteiger partial charge in [0.25, 0.3) is 0 Å². The second-order valence-electron chi connectivity index (χ2n) is 6.15. The van der Waals surface area contributed by atoms with Crippen LogP contribution in [-0.4, -0.2) is 63.1 Å². The van der Waals surface area contributed by atoms with E-state index >= 15 is 0 Å². The minimum absolute atomic E-state index is 0.269. The minimum atomic E-state index is -0.880. The van der Waals surface area contributed by atoms with Crippen molar-refractivity contribution in [3.05, 3.63) is 17.2 Å². The summed E-state index contributed by atoms with van der Waals surface area (Å²) in [5, 5.41) is 0. The summed E-state index contributed by atoms with van der Waals surface area (Å²) in [5.74, 6) is 0.961. The van der Waals surface area contributed by atoms with Gasteiger partial charge in [-0.2, -0.15) is 0 Å². The number of nitrogens with zero attached hydrogens (tertiary/aromatic N) is 3. The number of alkyl halides is 1. The fraction of sp³-hybridized carbons (Fsp3) is 0.647. The van der Waals surface area contributed by atoms with Crippen LogP contribution in [0.1, 0.15) is 29.3 Å². The normalized spacial score (nSPS) is 21.2. The lowest BCUT2D eigenvalue weighted by Crippen LogP contribution is -2.37. The Kier molecular flexibility index (Phi) is 5.18. The van der Waals surface area contributed by atoms with Gasteiger partial charge in [-0.3, -0.25) is 0 Å². The van der Waals surface area contributed by atoms with Crippen molar-refractivity contribution in [3.8, 4) is 0 Å². The standard InChI is InChI=1S/C17H24FN3O3/c1-3-24-17(22)14-10-12(2)15(20-6-8-23-9-7-20)19-16(14)21-5-4-13(18)11-21/h10,13H,3-9,11H2,1-2H3/t13-/m1/s1. The smallest absolute Gasteiger partial charge is 0.341 e. The number of pyridine rings is 1. The molecule has 2 fully saturated rings. The number of hydrogen-bond donors (Lipinski definition) is 0. The quantitative estimate of drug-likeness (QED) is 0.783. The number of morpholine rings is 1. The lowest BCUT2D eigenvalue weighted by molar-refractivity contribution is 0.0526. The molecule has 0 radical (unpaired) electrons. The first kappa shape index (κ1) is 17.0. The Morgan fingerprint density at radius 3 is 2.71 bits per heavy atom. The number of aryl methyl sites for hydroxylation is 1. The lowest BCUT2D eigenvalue weighted by Gasteiger charge is -2.30. The largest absolute Gasteiger partial charge is 0.462 e. The monoisotopic (exact) mass is 337 g/mol. The molecule has 1 aromatic rings. The Labute approximate surface area is 141 Å². The van der Waals surface area contributed by atoms with Crippen LogP contribution in [0.2, 0.25) is 0 Å². The van der Waals surface area contributed by atoms with Gasteiger partial charge in [0, 0.05) is 19.6 Å². The van der Waals surface area contributed by atoms with E-state index in [1.165, 1.54) is 0 Å². The maximum atomic E-state index is 13.7. The van der Waals surface area contributed by atoms with Gasteiger partial charge in [-0.25, -0.2) is 14.2 Å². The van der Waals surface area contributed by atoms with Crippen molar-refractivity contribution in [1.29, 1.82) is 0 Å². The van der Waals surface area contributed by atoms with E-state index in [1.807, 2.05) is 17.9 Å². The fourth-order valence-corrected chi connectivity index (χ4v) is 3.20. The van der Waals surface area contributed by atoms with Gasteiger partial charge in [-0.1, -0.05) is 0 Å². The van der Waals surface area contributed by atoms with Crippen LogP contribution in [0.3, 0.4) is 0 Å². The van der Waals surface area contributed by atoms with Crippen molar-refractivity contribution < 1.29 is 18.7 Å². The van der Waals surface area contributed by atoms with E-state index < -0.39 is 12.1 Å². The summed E-state index contributed by atoms with van der Waals surface area (Å²) in [4.78, 5) is 21.1. The van der Waals surface area contributed by atoms with E-state index in [2.05, 4.69) is 4.90 Å². The number of rotatable bonds is 4. The molecule has 0 amide bonds. The maximum Gasteiger partial charge on any atom is 0.341 e. The number of hydrogen-bond acceptors (Lipinski definition) is 6. The number of carbonyl (C=O) groups excluding carboxylic acids is 1. The molecule has 24 heavy (non-hydrogen) atoms. The fourth-order valence-electron chi connectivity index (χ4n) is 3.20. The van der Waals surface area contributed by atoms with Crippen LogP contribution in [0, 0.1) is 6.92 Å². The zero-order valence-electron chi connectivity index (χ0n) is 14.3. The molecule has 3 heterocycles. The molecule has 3 rings (SSSR count). The summed E-state index contributed by atoms with van der Waals surface area (Å²) in [6.07, 6.45) is -0.417. The van der Waals surface area contributed by atoms with Crippen LogP contribution in [0.5, 0.6) is 0 Å². The number of carbonyl (C=O) groups is 1. The first-order valence-electron chi connectivity index (χ1n) is 8.50. The van der Waals surface area contributed by atoms with Crippen LogP contribution < -0.4 is 9.80 Å². The molecule has 0 spiro atoms. The van der Waals surface area contributed by atoms with Crippen LogP contribution in [0.15, 0.2) is 6.07 Å². The zero-order valence-corrected chi connectivity index (χ0v) is 14.3. The molecule has 0 saturated carbocycles. The Bertz CT molecular complexity index is 605. The first-order chi connectivity index (χ1) is 11.6. The number of ether oxygens (including phenoxy) is 2. The number of aromatic nitrogens is 1. The molecule has 0 aliphatic carbocycles. The van der Waals surface area contributed by atoms with Crippen LogP contribution in [0.25, 0.3) is 0 Å². The van der Waals surface area contributed by atoms with Crippen molar-refractivity contribution in [3.63, 3.8) is 0 Å². The van der Waals surface area contributed by atoms with E-state index in [0.29, 0.717) is 44.2 Å². The van der Waals surface area contributed by atoms with Gasteiger partial charge in [0.05, 0.1) is 26.4 Å². The molecular formula is C17H24FN3O3. The summed E-state index contributed by atoms with van der Waals surface area (Å²) < 4.78 is 24.2. The van der Waals surface area contributed by atoms with Crippen molar-refractivity contribution in [1.82, 2.24) is 4.98 Å². The molecule has 0 aromatic carbocycles. The SMILES string of the molecule is CCOC(=O)c1cc(C)c(N2CCOCC2)nc1N1CC[C@@H](F)C1. The zero-order chi connectivity index (χ0) is 17.1. The third kappa shape index (κ3) is 3.45. The summed E-state index contributed by atoms with van der Waals surface area (Å²) in [6.45, 7) is 7.68. The summed E-state index contributed by atoms with van der Waals surface area (Å²) >= 11 is 0. The van der Waals surface area contributed by atoms with Gasteiger partial charge < -0.3 is 19.3 Å². The summed E-state index contributed by atoms with van der Waals surface area (Å²) in [6, 6.07) is 1.82. The van der Waals surface area contributed by atoms with Gasteiger partial charge in [0.2, 0.25) is 0 Å². The van der Waals surface area contributed by atoms with E-state index in [1.54, 1.807) is 6.92 Å². The Hall–Kier alpha value is -1.89. The highest BCUT2D eigenvalue weighted by Gasteiger charge is 2.29. The lowest BCUT2D eigenvalue weighted by atomic mass is 10.1. The molecule has 1 atom stereocenters. The minimum Gasteiger partial charge on any atom is -0.462 e. The summed E-state index contributed by atoms with van der Waals surface area (Å²) in [5.41, 5.74) is 1.33. The predicted molar refractivity (Wildman–Crippen MR) is 89.7 cm³/mol. The first-order valence-corrected chi connectivity index (χ1v) is 8.50. The highest BCUT2D eigenvalue weighted by Crippen LogP contribution is 2.30. The average Bonchev–Trinajstić information content (AvgIpc) is 3.02. The second kappa shape index (κ2) is 7.34. The molecule has 1 aromatic heterocycles. The molecule has 2 saturated heterocycles. The summed E-state index contributed by atoms with van der Waals surface area (Å²) in [7, 11) is 0. The van der Waals surface area contributed by atoms with Crippen LogP contribution in [-0.2, 0) is 9.47 Å². The number of esters is 1. The number of anilines is 2. The van der Waals surface area contributed by atoms with E-state index in [9.17, 15) is 9.18 Å². The molecule has 7 heteroatoms. The van der Waals surface area contributed by atoms with Crippen molar-refractivity contribution in [2.75, 3.05) is 55.8 Å². The van der Waals surface area contributed by atoms with Gasteiger partial charge in [0.15, 0.2) is 0 Å². The van der Waals surface area contributed by atoms with Gasteiger partial charge in [-0.15, -0.1) is 0 Å². The van der Waals surface area contributed by atoms with Gasteiger partial charge in [-0.05, 0) is 31.9 Å². The van der Waals surface area contributed by atoms with Crippen LogP contribution in [0.4, 0.5) is 16.0 Å². The van der Waals surface area contributed by atoms with E-state index in [4.69, 9.17) is 14.5 Å². The second-order valence-corrected chi connectivity index (χ2v) is 6.15. The predicted octanol–water partition coefficient (Wildman–Crippen LogP) is 1.95. The van der Waals surface area contributed by atoms with E-state index in [0.717, 1.165) is 24.5 Å². The highest BCUT2D eigenvalue weighted by molar-refractivity contribution is 5.95. The Balaban J connectivity index is 1.98. The Morgan fingerprint density at radius 2 is 2.08 bits per heavy atom.